The van der Waals surface area contributed by atoms with Gasteiger partial charge >= 0.3 is 5.97 Å². The molecule has 3 N–H and O–H groups in total. The highest BCUT2D eigenvalue weighted by atomic mass is 16.4. The van der Waals surface area contributed by atoms with E-state index in [0.29, 0.717) is 11.3 Å². The molecule has 0 saturated carbocycles. The van der Waals surface area contributed by atoms with Crippen molar-refractivity contribution in [3.05, 3.63) is 53.3 Å². The number of hydrogen-bond acceptors (Lipinski definition) is 4. The van der Waals surface area contributed by atoms with Crippen LogP contribution in [0.15, 0.2) is 36.5 Å². The van der Waals surface area contributed by atoms with Crippen LogP contribution in [0.5, 0.6) is 5.75 Å². The summed E-state index contributed by atoms with van der Waals surface area (Å²) in [4.78, 5) is 26.8. The molecule has 20 heavy (non-hydrogen) atoms. The van der Waals surface area contributed by atoms with Gasteiger partial charge in [-0.15, -0.1) is 0 Å². The number of nitrogens with zero attached hydrogens (tertiary/aromatic N) is 1. The van der Waals surface area contributed by atoms with Crippen molar-refractivity contribution in [2.75, 3.05) is 5.32 Å². The molecule has 6 heteroatoms. The van der Waals surface area contributed by atoms with Gasteiger partial charge in [0.05, 0.1) is 5.56 Å². The Morgan fingerprint density at radius 3 is 2.65 bits per heavy atom. The Balaban J connectivity index is 2.28. The van der Waals surface area contributed by atoms with E-state index in [1.807, 2.05) is 0 Å². The largest absolute Gasteiger partial charge is 0.508 e. The third-order valence-corrected chi connectivity index (χ3v) is 2.72. The summed E-state index contributed by atoms with van der Waals surface area (Å²) < 4.78 is 0. The zero-order chi connectivity index (χ0) is 14.7. The molecule has 6 nitrogen and oxygen atoms in total. The van der Waals surface area contributed by atoms with Crippen molar-refractivity contribution in [3.8, 4) is 5.75 Å². The van der Waals surface area contributed by atoms with Gasteiger partial charge in [-0.1, -0.05) is 6.07 Å². The number of benzene rings is 1. The number of nitrogens with one attached hydrogen (secondary N) is 1. The zero-order valence-corrected chi connectivity index (χ0v) is 10.6. The summed E-state index contributed by atoms with van der Waals surface area (Å²) in [6.45, 7) is 1.72. The van der Waals surface area contributed by atoms with E-state index >= 15 is 0 Å². The fourth-order valence-electron chi connectivity index (χ4n) is 1.64. The second-order valence-electron chi connectivity index (χ2n) is 4.16. The van der Waals surface area contributed by atoms with Gasteiger partial charge in [-0.2, -0.15) is 0 Å². The van der Waals surface area contributed by atoms with E-state index < -0.39 is 11.9 Å². The smallest absolute Gasteiger partial charge is 0.338 e. The van der Waals surface area contributed by atoms with Gasteiger partial charge in [0.2, 0.25) is 0 Å². The van der Waals surface area contributed by atoms with Crippen molar-refractivity contribution in [3.63, 3.8) is 0 Å². The molecule has 1 amide bonds. The summed E-state index contributed by atoms with van der Waals surface area (Å²) in [5.41, 5.74) is 0.675. The number of rotatable bonds is 3. The van der Waals surface area contributed by atoms with E-state index in [4.69, 9.17) is 5.11 Å². The normalized spacial score (nSPS) is 10.1. The molecule has 0 spiro atoms. The lowest BCUT2D eigenvalue weighted by atomic mass is 10.1. The van der Waals surface area contributed by atoms with Crippen LogP contribution in [0.4, 0.5) is 5.69 Å². The summed E-state index contributed by atoms with van der Waals surface area (Å²) in [6.07, 6.45) is 1.34. The summed E-state index contributed by atoms with van der Waals surface area (Å²) >= 11 is 0. The number of aromatic hydroxyl groups is 1. The Morgan fingerprint density at radius 1 is 1.25 bits per heavy atom. The SMILES string of the molecule is Cc1ccc(NC(=O)c2ncccc2C(=O)O)cc1O. The number of hydrogen-bond donors (Lipinski definition) is 3. The number of phenolic OH excluding ortho intramolecular Hbond substituents is 1. The number of carboxylic acids is 1. The summed E-state index contributed by atoms with van der Waals surface area (Å²) in [7, 11) is 0. The van der Waals surface area contributed by atoms with Crippen LogP contribution in [0.3, 0.4) is 0 Å². The van der Waals surface area contributed by atoms with Gasteiger partial charge in [0, 0.05) is 18.0 Å². The Hall–Kier alpha value is -2.89. The molecule has 0 saturated heterocycles. The molecule has 0 unspecified atom stereocenters. The Morgan fingerprint density at radius 2 is 2.00 bits per heavy atom. The molecule has 0 radical (unpaired) electrons. The molecule has 0 atom stereocenters. The highest BCUT2D eigenvalue weighted by Crippen LogP contribution is 2.21. The number of carboxylic acid groups (broad SMARTS) is 1. The van der Waals surface area contributed by atoms with Crippen molar-refractivity contribution in [1.82, 2.24) is 4.98 Å². The van der Waals surface area contributed by atoms with Crippen LogP contribution < -0.4 is 5.32 Å². The van der Waals surface area contributed by atoms with E-state index in [1.165, 1.54) is 24.4 Å². The van der Waals surface area contributed by atoms with Crippen LogP contribution in [0.2, 0.25) is 0 Å². The molecule has 0 bridgehead atoms. The average molecular weight is 272 g/mol. The molecule has 2 rings (SSSR count). The zero-order valence-electron chi connectivity index (χ0n) is 10.6. The predicted octanol–water partition coefficient (Wildman–Crippen LogP) is 2.05. The summed E-state index contributed by atoms with van der Waals surface area (Å²) in [6, 6.07) is 7.38. The van der Waals surface area contributed by atoms with Crippen LogP contribution in [0.1, 0.15) is 26.4 Å². The monoisotopic (exact) mass is 272 g/mol. The van der Waals surface area contributed by atoms with Gasteiger partial charge in [0.1, 0.15) is 11.4 Å². The van der Waals surface area contributed by atoms with Crippen LogP contribution in [0, 0.1) is 6.92 Å². The Kier molecular flexibility index (Phi) is 3.65. The molecule has 102 valence electrons. The van der Waals surface area contributed by atoms with Crippen molar-refractivity contribution in [1.29, 1.82) is 0 Å². The first kappa shape index (κ1) is 13.5. The quantitative estimate of drug-likeness (QED) is 0.794. The summed E-state index contributed by atoms with van der Waals surface area (Å²) in [5.74, 6) is -1.83. The van der Waals surface area contributed by atoms with Crippen LogP contribution in [-0.2, 0) is 0 Å². The molecule has 0 aliphatic carbocycles. The van der Waals surface area contributed by atoms with Crippen LogP contribution in [0.25, 0.3) is 0 Å². The topological polar surface area (TPSA) is 99.5 Å². The first-order valence-corrected chi connectivity index (χ1v) is 5.78. The third kappa shape index (κ3) is 2.74. The number of aromatic carboxylic acids is 1. The second-order valence-corrected chi connectivity index (χ2v) is 4.16. The molecule has 1 aromatic carbocycles. The van der Waals surface area contributed by atoms with Crippen LogP contribution in [-0.4, -0.2) is 27.1 Å². The van der Waals surface area contributed by atoms with Crippen molar-refractivity contribution >= 4 is 17.6 Å². The van der Waals surface area contributed by atoms with E-state index in [0.717, 1.165) is 0 Å². The molecule has 0 aliphatic rings. The fourth-order valence-corrected chi connectivity index (χ4v) is 1.64. The van der Waals surface area contributed by atoms with Gasteiger partial charge in [0.25, 0.3) is 5.91 Å². The van der Waals surface area contributed by atoms with Gasteiger partial charge < -0.3 is 15.5 Å². The molecule has 1 heterocycles. The first-order valence-electron chi connectivity index (χ1n) is 5.78. The van der Waals surface area contributed by atoms with Gasteiger partial charge in [-0.05, 0) is 30.7 Å². The molecule has 2 aromatic rings. The molecule has 0 fully saturated rings. The first-order chi connectivity index (χ1) is 9.49. The fraction of sp³-hybridized carbons (Fsp3) is 0.0714. The average Bonchev–Trinajstić information content (AvgIpc) is 2.43. The molecular weight excluding hydrogens is 260 g/mol. The number of phenols is 1. The van der Waals surface area contributed by atoms with Gasteiger partial charge in [0.15, 0.2) is 0 Å². The number of pyridine rings is 1. The van der Waals surface area contributed by atoms with Crippen molar-refractivity contribution in [2.24, 2.45) is 0 Å². The molecule has 1 aromatic heterocycles. The van der Waals surface area contributed by atoms with E-state index in [9.17, 15) is 14.7 Å². The van der Waals surface area contributed by atoms with Gasteiger partial charge in [-0.3, -0.25) is 9.78 Å². The highest BCUT2D eigenvalue weighted by molar-refractivity contribution is 6.09. The van der Waals surface area contributed by atoms with E-state index in [-0.39, 0.29) is 17.0 Å². The lowest BCUT2D eigenvalue weighted by Crippen LogP contribution is -2.18. The number of aryl methyl sites for hydroxylation is 1. The predicted molar refractivity (Wildman–Crippen MR) is 72.0 cm³/mol. The van der Waals surface area contributed by atoms with E-state index in [1.54, 1.807) is 19.1 Å². The number of amides is 1. The van der Waals surface area contributed by atoms with Gasteiger partial charge in [-0.25, -0.2) is 4.79 Å². The minimum absolute atomic E-state index is 0.0438. The minimum Gasteiger partial charge on any atom is -0.508 e. The Bertz CT molecular complexity index is 683. The molecular formula is C14H12N2O4. The maximum Gasteiger partial charge on any atom is 0.338 e. The Labute approximate surface area is 114 Å². The lowest BCUT2D eigenvalue weighted by molar-refractivity contribution is 0.0691. The number of carbonyl (C=O) groups is 2. The van der Waals surface area contributed by atoms with Crippen molar-refractivity contribution in [2.45, 2.75) is 6.92 Å². The molecule has 0 aliphatic heterocycles. The number of anilines is 1. The van der Waals surface area contributed by atoms with E-state index in [2.05, 4.69) is 10.3 Å². The lowest BCUT2D eigenvalue weighted by Gasteiger charge is -2.08. The third-order valence-electron chi connectivity index (χ3n) is 2.72. The maximum absolute atomic E-state index is 12.0. The van der Waals surface area contributed by atoms with Crippen molar-refractivity contribution < 1.29 is 19.8 Å². The van der Waals surface area contributed by atoms with Crippen LogP contribution >= 0.6 is 0 Å². The highest BCUT2D eigenvalue weighted by Gasteiger charge is 2.17. The standard InChI is InChI=1S/C14H12N2O4/c1-8-4-5-9(7-11(8)17)16-13(18)12-10(14(19)20)3-2-6-15-12/h2-7,17H,1H3,(H,16,18)(H,19,20). The summed E-state index contributed by atoms with van der Waals surface area (Å²) in [5, 5.41) is 21.1. The number of aromatic nitrogens is 1. The second kappa shape index (κ2) is 5.40. The number of carbonyl (C=O) groups excluding carboxylic acids is 1. The maximum atomic E-state index is 12.0. The minimum atomic E-state index is -1.23.